The van der Waals surface area contributed by atoms with Gasteiger partial charge in [0.2, 0.25) is 0 Å². The summed E-state index contributed by atoms with van der Waals surface area (Å²) in [6.45, 7) is 28.6. The molecular formula is C70H118O12. The van der Waals surface area contributed by atoms with Crippen molar-refractivity contribution < 1.29 is 59.8 Å². The number of fused-ring (bicyclic) bond motifs is 10. The van der Waals surface area contributed by atoms with Crippen molar-refractivity contribution in [1.29, 1.82) is 0 Å². The average Bonchev–Trinajstić information content (AvgIpc) is 2.62. The lowest BCUT2D eigenvalue weighted by Crippen LogP contribution is -2.60. The van der Waals surface area contributed by atoms with Gasteiger partial charge in [0.05, 0.1) is 25.4 Å². The zero-order valence-electron chi connectivity index (χ0n) is 53.1. The van der Waals surface area contributed by atoms with E-state index < -0.39 is 74.6 Å². The molecule has 0 amide bonds. The molecule has 28 atom stereocenters. The van der Waals surface area contributed by atoms with Crippen molar-refractivity contribution >= 4 is 0 Å². The van der Waals surface area contributed by atoms with Crippen molar-refractivity contribution in [3.05, 3.63) is 35.5 Å². The molecule has 6 saturated carbocycles. The molecule has 1 unspecified atom stereocenters. The van der Waals surface area contributed by atoms with Crippen LogP contribution in [0.15, 0.2) is 35.5 Å². The number of ether oxygens (including phenoxy) is 4. The minimum atomic E-state index is -1.40. The smallest absolute Gasteiger partial charge is 0.186 e. The summed E-state index contributed by atoms with van der Waals surface area (Å²) in [6.07, 6.45) is 21.8. The third-order valence-corrected chi connectivity index (χ3v) is 26.4. The van der Waals surface area contributed by atoms with Crippen LogP contribution < -0.4 is 0 Å². The predicted octanol–water partition coefficient (Wildman–Crippen LogP) is 11.5. The van der Waals surface area contributed by atoms with Crippen LogP contribution >= 0.6 is 0 Å². The number of rotatable bonds is 17. The van der Waals surface area contributed by atoms with Gasteiger partial charge in [-0.15, -0.1) is 0 Å². The molecule has 0 aromatic carbocycles. The van der Waals surface area contributed by atoms with Gasteiger partial charge in [-0.3, -0.25) is 0 Å². The van der Waals surface area contributed by atoms with Crippen molar-refractivity contribution in [1.82, 2.24) is 0 Å². The Morgan fingerprint density at radius 1 is 0.524 bits per heavy atom. The van der Waals surface area contributed by atoms with Crippen LogP contribution in [0.3, 0.4) is 0 Å². The van der Waals surface area contributed by atoms with Crippen LogP contribution in [-0.4, -0.2) is 128 Å². The van der Waals surface area contributed by atoms with Crippen LogP contribution in [0.1, 0.15) is 212 Å². The number of aliphatic hydroxyl groups is 8. The second kappa shape index (κ2) is 26.4. The first kappa shape index (κ1) is 65.2. The SMILES string of the molecule is CC[C@@H](/C=C/[C@@H](C)[C@H]1CC[C@H]2[C@@H]3CC=C4C[C@@H](O[C@@H]5O[C@H](CO)[C@@H](O)[C@H](O)[C@H]5O)CC[C@]4(C)[C@H]3CC[C@]12C)C(C)C.CC[C@H](CC[C@@H](C)[C@H]1CC[C@H]2[C@@H]3CC=C4C[C@@H](OC5O[C@H](CO)[C@@H](O)[C@H](O)[C@H]5O)CC[C@]4(C)[C@H]3CC[C@]12C)C(C)C. The van der Waals surface area contributed by atoms with E-state index in [2.05, 4.69) is 107 Å². The lowest BCUT2D eigenvalue weighted by atomic mass is 9.47. The summed E-state index contributed by atoms with van der Waals surface area (Å²) in [6, 6.07) is 0. The zero-order valence-corrected chi connectivity index (χ0v) is 53.1. The van der Waals surface area contributed by atoms with E-state index in [1.165, 1.54) is 94.6 Å². The van der Waals surface area contributed by atoms with Gasteiger partial charge in [0.15, 0.2) is 12.6 Å². The summed E-state index contributed by atoms with van der Waals surface area (Å²) in [5, 5.41) is 80.8. The maximum Gasteiger partial charge on any atom is 0.186 e. The molecule has 10 aliphatic rings. The molecule has 470 valence electrons. The van der Waals surface area contributed by atoms with Crippen molar-refractivity contribution in [2.45, 2.75) is 285 Å². The van der Waals surface area contributed by atoms with Gasteiger partial charge in [0.1, 0.15) is 48.8 Å². The van der Waals surface area contributed by atoms with Gasteiger partial charge in [0.25, 0.3) is 0 Å². The van der Waals surface area contributed by atoms with Crippen LogP contribution in [0, 0.1) is 105 Å². The Bertz CT molecular complexity index is 2180. The topological polar surface area (TPSA) is 199 Å². The Labute approximate surface area is 496 Å². The largest absolute Gasteiger partial charge is 0.394 e. The molecule has 0 aromatic rings. The van der Waals surface area contributed by atoms with Crippen LogP contribution in [0.5, 0.6) is 0 Å². The monoisotopic (exact) mass is 1150 g/mol. The molecule has 12 nitrogen and oxygen atoms in total. The molecular weight excluding hydrogens is 1030 g/mol. The maximum atomic E-state index is 10.5. The highest BCUT2D eigenvalue weighted by Crippen LogP contribution is 2.69. The summed E-state index contributed by atoms with van der Waals surface area (Å²) in [5.74, 6) is 10.7. The standard InChI is InChI=1S/C35H60O6.C35H58O6/c2*1-7-22(20(2)3)9-8-21(4)26-12-13-27-25-11-10-23-18-24(14-16-34(23,5)28(25)15-17-35(26,27)6)40-33-32(39)31(38)30(37)29(19-36)41-33/h10,20-22,24-33,36-39H,7-9,11-19H2,1-6H3;8-10,20-22,24-33,36-39H,7,11-19H2,1-6H3/b;9-8+/t21-,22-,24+,25+,26-,27+,28+,29-,30-,31+,32-,33?,34+,35-;21-,22+,24+,25+,26-,27+,28+,29-,30-,31+,32-,33-,34+,35-/m11/s1. The van der Waals surface area contributed by atoms with Gasteiger partial charge < -0.3 is 59.8 Å². The van der Waals surface area contributed by atoms with Gasteiger partial charge in [-0.1, -0.05) is 131 Å². The molecule has 0 bridgehead atoms. The third-order valence-electron chi connectivity index (χ3n) is 26.4. The summed E-state index contributed by atoms with van der Waals surface area (Å²) >= 11 is 0. The Morgan fingerprint density at radius 3 is 1.41 bits per heavy atom. The van der Waals surface area contributed by atoms with Crippen molar-refractivity contribution in [2.24, 2.45) is 105 Å². The minimum absolute atomic E-state index is 0.101. The molecule has 2 aliphatic heterocycles. The van der Waals surface area contributed by atoms with Crippen LogP contribution in [-0.2, 0) is 18.9 Å². The third kappa shape index (κ3) is 12.3. The summed E-state index contributed by atoms with van der Waals surface area (Å²) in [5.41, 5.74) is 4.29. The number of aliphatic hydroxyl groups excluding tert-OH is 8. The van der Waals surface area contributed by atoms with E-state index in [0.29, 0.717) is 34.5 Å². The number of hydrogen-bond donors (Lipinski definition) is 8. The molecule has 10 rings (SSSR count). The Kier molecular flexibility index (Phi) is 21.0. The van der Waals surface area contributed by atoms with E-state index in [4.69, 9.17) is 18.9 Å². The highest BCUT2D eigenvalue weighted by Gasteiger charge is 2.62. The van der Waals surface area contributed by atoms with E-state index in [1.807, 2.05) is 0 Å². The van der Waals surface area contributed by atoms with Gasteiger partial charge in [-0.05, 0) is 220 Å². The van der Waals surface area contributed by atoms with Crippen LogP contribution in [0.4, 0.5) is 0 Å². The number of hydrogen-bond acceptors (Lipinski definition) is 12. The van der Waals surface area contributed by atoms with Crippen molar-refractivity contribution in [3.63, 3.8) is 0 Å². The van der Waals surface area contributed by atoms with Gasteiger partial charge in [0, 0.05) is 0 Å². The second-order valence-corrected chi connectivity index (χ2v) is 30.9. The van der Waals surface area contributed by atoms with E-state index in [0.717, 1.165) is 104 Å². The second-order valence-electron chi connectivity index (χ2n) is 30.9. The average molecular weight is 1150 g/mol. The molecule has 0 aromatic heterocycles. The van der Waals surface area contributed by atoms with Crippen LogP contribution in [0.2, 0.25) is 0 Å². The first-order valence-corrected chi connectivity index (χ1v) is 33.9. The first-order valence-electron chi connectivity index (χ1n) is 33.9. The summed E-state index contributed by atoms with van der Waals surface area (Å²) < 4.78 is 23.8. The van der Waals surface area contributed by atoms with E-state index in [-0.39, 0.29) is 23.0 Å². The summed E-state index contributed by atoms with van der Waals surface area (Å²) in [7, 11) is 0. The first-order chi connectivity index (χ1) is 38.9. The minimum Gasteiger partial charge on any atom is -0.394 e. The fraction of sp³-hybridized carbons (Fsp3) is 0.914. The lowest BCUT2D eigenvalue weighted by molar-refractivity contribution is -0.313. The normalized spacial score (nSPS) is 47.8. The van der Waals surface area contributed by atoms with E-state index in [9.17, 15) is 40.9 Å². The molecule has 12 heteroatoms. The molecule has 0 spiro atoms. The number of allylic oxidation sites excluding steroid dienone is 4. The predicted molar refractivity (Wildman–Crippen MR) is 322 cm³/mol. The lowest BCUT2D eigenvalue weighted by Gasteiger charge is -2.58. The zero-order chi connectivity index (χ0) is 59.4. The molecule has 8 aliphatic carbocycles. The van der Waals surface area contributed by atoms with E-state index >= 15 is 0 Å². The quantitative estimate of drug-likeness (QED) is 0.0642. The molecule has 8 N–H and O–H groups in total. The molecule has 8 fully saturated rings. The van der Waals surface area contributed by atoms with E-state index in [1.54, 1.807) is 0 Å². The van der Waals surface area contributed by atoms with Crippen molar-refractivity contribution in [2.75, 3.05) is 13.2 Å². The van der Waals surface area contributed by atoms with Gasteiger partial charge in [-0.2, -0.15) is 0 Å². The Hall–Kier alpha value is -1.26. The molecule has 0 radical (unpaired) electrons. The molecule has 2 heterocycles. The van der Waals surface area contributed by atoms with Crippen molar-refractivity contribution in [3.8, 4) is 0 Å². The van der Waals surface area contributed by atoms with Crippen LogP contribution in [0.25, 0.3) is 0 Å². The summed E-state index contributed by atoms with van der Waals surface area (Å²) in [4.78, 5) is 0. The van der Waals surface area contributed by atoms with Gasteiger partial charge >= 0.3 is 0 Å². The highest BCUT2D eigenvalue weighted by molar-refractivity contribution is 5.27. The van der Waals surface area contributed by atoms with Gasteiger partial charge in [-0.25, -0.2) is 0 Å². The fourth-order valence-electron chi connectivity index (χ4n) is 21.1. The fourth-order valence-corrected chi connectivity index (χ4v) is 21.1. The molecule has 82 heavy (non-hydrogen) atoms. The Morgan fingerprint density at radius 2 is 0.988 bits per heavy atom. The highest BCUT2D eigenvalue weighted by atomic mass is 16.7. The maximum absolute atomic E-state index is 10.5. The Balaban J connectivity index is 0.000000198. The molecule has 2 saturated heterocycles.